The molecule has 0 bridgehead atoms. The van der Waals surface area contributed by atoms with Gasteiger partial charge < -0.3 is 9.80 Å². The Morgan fingerprint density at radius 1 is 1.14 bits per heavy atom. The van der Waals surface area contributed by atoms with Crippen molar-refractivity contribution in [3.05, 3.63) is 30.3 Å². The molecule has 1 heterocycles. The Morgan fingerprint density at radius 3 is 2.33 bits per heavy atom. The minimum absolute atomic E-state index is 0.0118. The van der Waals surface area contributed by atoms with E-state index in [0.717, 1.165) is 18.8 Å². The fourth-order valence-corrected chi connectivity index (χ4v) is 2.79. The monoisotopic (exact) mass is 311 g/mol. The van der Waals surface area contributed by atoms with Gasteiger partial charge in [0.05, 0.1) is 12.3 Å². The van der Waals surface area contributed by atoms with Gasteiger partial charge in [-0.25, -0.2) is 13.1 Å². The van der Waals surface area contributed by atoms with Crippen molar-refractivity contribution in [2.75, 3.05) is 43.4 Å². The number of anilines is 1. The lowest BCUT2D eigenvalue weighted by Crippen LogP contribution is -2.51. The van der Waals surface area contributed by atoms with Crippen LogP contribution in [0, 0.1) is 0 Å². The van der Waals surface area contributed by atoms with Crippen LogP contribution in [0.2, 0.25) is 0 Å². The van der Waals surface area contributed by atoms with E-state index in [9.17, 15) is 13.2 Å². The number of carbonyl (C=O) groups is 1. The number of para-hydroxylation sites is 1. The molecule has 0 aromatic heterocycles. The van der Waals surface area contributed by atoms with Gasteiger partial charge in [0.25, 0.3) is 0 Å². The maximum atomic E-state index is 12.0. The van der Waals surface area contributed by atoms with Crippen LogP contribution in [0.25, 0.3) is 0 Å². The summed E-state index contributed by atoms with van der Waals surface area (Å²) in [5, 5.41) is 0. The van der Waals surface area contributed by atoms with Crippen molar-refractivity contribution >= 4 is 21.6 Å². The predicted molar refractivity (Wildman–Crippen MR) is 82.7 cm³/mol. The summed E-state index contributed by atoms with van der Waals surface area (Å²) in [5.74, 6) is -0.179. The number of amides is 1. The number of hydrogen-bond acceptors (Lipinski definition) is 4. The fraction of sp³-hybridized carbons (Fsp3) is 0.500. The fourth-order valence-electron chi connectivity index (χ4n) is 2.24. The van der Waals surface area contributed by atoms with E-state index in [1.54, 1.807) is 11.8 Å². The third-order valence-corrected chi connectivity index (χ3v) is 4.92. The first-order chi connectivity index (χ1) is 10.0. The van der Waals surface area contributed by atoms with Gasteiger partial charge in [0.2, 0.25) is 15.9 Å². The van der Waals surface area contributed by atoms with E-state index in [2.05, 4.69) is 9.62 Å². The Kier molecular flexibility index (Phi) is 5.19. The molecule has 0 radical (unpaired) electrons. The maximum Gasteiger partial charge on any atom is 0.237 e. The minimum atomic E-state index is -3.31. The number of rotatable bonds is 5. The van der Waals surface area contributed by atoms with Gasteiger partial charge in [-0.2, -0.15) is 0 Å². The van der Waals surface area contributed by atoms with Crippen LogP contribution >= 0.6 is 0 Å². The Hall–Kier alpha value is -1.60. The number of sulfonamides is 1. The molecule has 0 aliphatic carbocycles. The summed E-state index contributed by atoms with van der Waals surface area (Å²) in [7, 11) is -3.31. The van der Waals surface area contributed by atoms with Crippen LogP contribution in [0.15, 0.2) is 30.3 Å². The van der Waals surface area contributed by atoms with Crippen molar-refractivity contribution in [3.8, 4) is 0 Å². The largest absolute Gasteiger partial charge is 0.368 e. The topological polar surface area (TPSA) is 69.7 Å². The highest BCUT2D eigenvalue weighted by atomic mass is 32.2. The van der Waals surface area contributed by atoms with Crippen LogP contribution in [0.1, 0.15) is 6.92 Å². The third kappa shape index (κ3) is 4.44. The van der Waals surface area contributed by atoms with E-state index in [1.807, 2.05) is 30.3 Å². The number of piperazine rings is 1. The second kappa shape index (κ2) is 6.91. The van der Waals surface area contributed by atoms with E-state index in [4.69, 9.17) is 0 Å². The zero-order valence-corrected chi connectivity index (χ0v) is 13.0. The van der Waals surface area contributed by atoms with Crippen LogP contribution < -0.4 is 9.62 Å². The van der Waals surface area contributed by atoms with Gasteiger partial charge in [-0.3, -0.25) is 4.79 Å². The molecule has 2 rings (SSSR count). The second-order valence-corrected chi connectivity index (χ2v) is 7.02. The highest BCUT2D eigenvalue weighted by molar-refractivity contribution is 7.89. The molecule has 0 atom stereocenters. The zero-order valence-electron chi connectivity index (χ0n) is 12.2. The molecule has 0 spiro atoms. The lowest BCUT2D eigenvalue weighted by molar-refractivity contribution is -0.130. The summed E-state index contributed by atoms with van der Waals surface area (Å²) in [6, 6.07) is 10.1. The molecule has 0 saturated carbocycles. The Balaban J connectivity index is 1.82. The number of nitrogens with one attached hydrogen (secondary N) is 1. The lowest BCUT2D eigenvalue weighted by Gasteiger charge is -2.36. The third-order valence-electron chi connectivity index (χ3n) is 3.58. The molecule has 1 aromatic rings. The van der Waals surface area contributed by atoms with Crippen LogP contribution in [0.4, 0.5) is 5.69 Å². The minimum Gasteiger partial charge on any atom is -0.368 e. The normalized spacial score (nSPS) is 16.0. The van der Waals surface area contributed by atoms with Gasteiger partial charge in [0.15, 0.2) is 0 Å². The molecule has 6 nitrogen and oxygen atoms in total. The van der Waals surface area contributed by atoms with Crippen LogP contribution in [-0.2, 0) is 14.8 Å². The van der Waals surface area contributed by atoms with E-state index in [-0.39, 0.29) is 18.2 Å². The first kappa shape index (κ1) is 15.8. The smallest absolute Gasteiger partial charge is 0.237 e. The summed E-state index contributed by atoms with van der Waals surface area (Å²) >= 11 is 0. The molecule has 7 heteroatoms. The number of benzene rings is 1. The molecule has 1 aliphatic heterocycles. The quantitative estimate of drug-likeness (QED) is 0.848. The molecule has 1 aliphatic rings. The molecule has 0 unspecified atom stereocenters. The molecule has 1 saturated heterocycles. The molecule has 1 fully saturated rings. The number of hydrogen-bond donors (Lipinski definition) is 1. The van der Waals surface area contributed by atoms with E-state index < -0.39 is 10.0 Å². The molecule has 116 valence electrons. The van der Waals surface area contributed by atoms with Gasteiger partial charge >= 0.3 is 0 Å². The van der Waals surface area contributed by atoms with Crippen molar-refractivity contribution in [1.29, 1.82) is 0 Å². The predicted octanol–water partition coefficient (Wildman–Crippen LogP) is 0.275. The molecular formula is C14H21N3O3S. The zero-order chi connectivity index (χ0) is 15.3. The van der Waals surface area contributed by atoms with Gasteiger partial charge in [-0.1, -0.05) is 18.2 Å². The van der Waals surface area contributed by atoms with Crippen molar-refractivity contribution in [2.24, 2.45) is 0 Å². The standard InChI is InChI=1S/C14H21N3O3S/c1-2-21(19,20)15-12-14(18)17-10-8-16(9-11-17)13-6-4-3-5-7-13/h3-7,15H,2,8-12H2,1H3. The first-order valence-electron chi connectivity index (χ1n) is 7.07. The molecule has 1 aromatic carbocycles. The van der Waals surface area contributed by atoms with Crippen molar-refractivity contribution in [1.82, 2.24) is 9.62 Å². The van der Waals surface area contributed by atoms with Crippen LogP contribution in [-0.4, -0.2) is 57.7 Å². The average molecular weight is 311 g/mol. The highest BCUT2D eigenvalue weighted by Gasteiger charge is 2.22. The Labute approximate surface area is 125 Å². The summed E-state index contributed by atoms with van der Waals surface area (Å²) in [4.78, 5) is 15.9. The molecular weight excluding hydrogens is 290 g/mol. The number of carbonyl (C=O) groups excluding carboxylic acids is 1. The Morgan fingerprint density at radius 2 is 1.76 bits per heavy atom. The van der Waals surface area contributed by atoms with E-state index >= 15 is 0 Å². The lowest BCUT2D eigenvalue weighted by atomic mass is 10.2. The van der Waals surface area contributed by atoms with Gasteiger partial charge in [0.1, 0.15) is 0 Å². The number of nitrogens with zero attached hydrogens (tertiary/aromatic N) is 2. The summed E-state index contributed by atoms with van der Waals surface area (Å²) in [6.45, 7) is 4.14. The van der Waals surface area contributed by atoms with E-state index in [0.29, 0.717) is 13.1 Å². The average Bonchev–Trinajstić information content (AvgIpc) is 2.54. The molecule has 21 heavy (non-hydrogen) atoms. The SMILES string of the molecule is CCS(=O)(=O)NCC(=O)N1CCN(c2ccccc2)CC1. The van der Waals surface area contributed by atoms with Gasteiger partial charge in [0, 0.05) is 31.9 Å². The Bertz CT molecular complexity index is 566. The summed E-state index contributed by atoms with van der Waals surface area (Å²) < 4.78 is 25.0. The van der Waals surface area contributed by atoms with Crippen molar-refractivity contribution < 1.29 is 13.2 Å². The van der Waals surface area contributed by atoms with Gasteiger partial charge in [-0.05, 0) is 19.1 Å². The second-order valence-electron chi connectivity index (χ2n) is 4.93. The van der Waals surface area contributed by atoms with Crippen LogP contribution in [0.5, 0.6) is 0 Å². The summed E-state index contributed by atoms with van der Waals surface area (Å²) in [6.07, 6.45) is 0. The van der Waals surface area contributed by atoms with Gasteiger partial charge in [-0.15, -0.1) is 0 Å². The highest BCUT2D eigenvalue weighted by Crippen LogP contribution is 2.15. The van der Waals surface area contributed by atoms with Crippen LogP contribution in [0.3, 0.4) is 0 Å². The first-order valence-corrected chi connectivity index (χ1v) is 8.72. The van der Waals surface area contributed by atoms with E-state index in [1.165, 1.54) is 0 Å². The molecule has 1 N–H and O–H groups in total. The molecule has 1 amide bonds. The summed E-state index contributed by atoms with van der Waals surface area (Å²) in [5.41, 5.74) is 1.15. The van der Waals surface area contributed by atoms with Crippen molar-refractivity contribution in [3.63, 3.8) is 0 Å². The van der Waals surface area contributed by atoms with Crippen molar-refractivity contribution in [2.45, 2.75) is 6.92 Å². The maximum absolute atomic E-state index is 12.0.